The van der Waals surface area contributed by atoms with E-state index in [9.17, 15) is 0 Å². The van der Waals surface area contributed by atoms with Crippen LogP contribution in [-0.2, 0) is 19.5 Å². The molecular formula is H10BiPbSbSnZn. The molecule has 0 aromatic carbocycles. The molecule has 4 radical (unpaired) electrons. The predicted molar refractivity (Wildman–Crippen MR) is 37.0 cm³/mol. The van der Waals surface area contributed by atoms with Gasteiger partial charge in [-0.1, -0.05) is 0 Å². The number of rotatable bonds is 0. The van der Waals surface area contributed by atoms with Crippen LogP contribution in [0.4, 0.5) is 0 Å². The van der Waals surface area contributed by atoms with Gasteiger partial charge in [-0.25, -0.2) is 0 Å². The minimum absolute atomic E-state index is 0. The summed E-state index contributed by atoms with van der Waals surface area (Å²) in [4.78, 5) is 0. The first-order chi connectivity index (χ1) is 0. The molecule has 0 atom stereocenters. The molecule has 0 aliphatic rings. The maximum Gasteiger partial charge on any atom is 0 e. The molecule has 0 aliphatic heterocycles. The minimum atomic E-state index is 0. The molecule has 0 rings (SSSR count). The molecule has 0 fully saturated rings. The van der Waals surface area contributed by atoms with Crippen LogP contribution in [0.15, 0.2) is 0 Å². The Morgan fingerprint density at radius 2 is 1.00 bits per heavy atom. The molecule has 0 aromatic heterocycles. The average Bonchev–Trinajstić information content (AvgIpc) is 0. The first-order valence-electron chi connectivity index (χ1n) is 0. The van der Waals surface area contributed by atoms with Crippen LogP contribution in [0.2, 0.25) is 0 Å². The van der Waals surface area contributed by atoms with Crippen molar-refractivity contribution in [3.05, 3.63) is 0 Å². The van der Waals surface area contributed by atoms with E-state index in [-0.39, 0.29) is 121 Å². The summed E-state index contributed by atoms with van der Waals surface area (Å²) in [5, 5.41) is 0. The molecule has 30 valence electrons. The normalized spacial score (nSPS) is 0. The van der Waals surface area contributed by atoms with Crippen LogP contribution in [0, 0.1) is 0 Å². The molecule has 5 heavy (non-hydrogen) atoms. The van der Waals surface area contributed by atoms with E-state index < -0.39 is 0 Å². The van der Waals surface area contributed by atoms with Gasteiger partial charge in [0.15, 0.2) is 0 Å². The molecule has 0 nitrogen and oxygen atoms in total. The second-order valence-corrected chi connectivity index (χ2v) is 0. The van der Waals surface area contributed by atoms with Gasteiger partial charge in [0, 0.05) is 19.5 Å². The zero-order valence-electron chi connectivity index (χ0n) is 3.54. The molecule has 0 saturated heterocycles. The third-order valence-electron chi connectivity index (χ3n) is 0. The third-order valence-corrected chi connectivity index (χ3v) is 0. The van der Waals surface area contributed by atoms with E-state index in [0.29, 0.717) is 0 Å². The van der Waals surface area contributed by atoms with Crippen molar-refractivity contribution in [2.75, 3.05) is 0 Å². The summed E-state index contributed by atoms with van der Waals surface area (Å²) in [6.45, 7) is 0. The van der Waals surface area contributed by atoms with Crippen molar-refractivity contribution in [2.45, 2.75) is 0 Å². The molecule has 0 unspecified atom stereocenters. The van der Waals surface area contributed by atoms with E-state index in [1.165, 1.54) is 0 Å². The van der Waals surface area contributed by atoms with Crippen LogP contribution in [0.1, 0.15) is 0 Å². The van der Waals surface area contributed by atoms with Crippen LogP contribution < -0.4 is 0 Å². The van der Waals surface area contributed by atoms with Crippen LogP contribution in [0.5, 0.6) is 0 Å². The Morgan fingerprint density at radius 3 is 1.00 bits per heavy atom. The van der Waals surface area contributed by atoms with Crippen molar-refractivity contribution in [2.24, 2.45) is 0 Å². The minimum Gasteiger partial charge on any atom is 0 e. The van der Waals surface area contributed by atoms with Gasteiger partial charge in [-0.15, -0.1) is 0 Å². The Balaban J connectivity index is 0. The van der Waals surface area contributed by atoms with Gasteiger partial charge in [0.05, 0.1) is 0 Å². The SMILES string of the molecule is [BiH3].[PbH2].[SbH3].[SnH2].[Zn]. The Morgan fingerprint density at radius 1 is 1.00 bits per heavy atom. The maximum absolute atomic E-state index is 0. The molecule has 0 N–H and O–H groups in total. The fraction of sp³-hybridized carbons (Fsp3) is 0. The van der Waals surface area contributed by atoms with Crippen LogP contribution in [-0.4, -0.2) is 102 Å². The fourth-order valence-corrected chi connectivity index (χ4v) is 0. The number of hydrogen-bond donors (Lipinski definition) is 0. The molecule has 0 aromatic rings. The standard InChI is InChI=1S/Bi.Pb.Sb.Sn.Zn.10H. The zero-order valence-corrected chi connectivity index (χ0v) is 25.6. The summed E-state index contributed by atoms with van der Waals surface area (Å²) < 4.78 is 0. The van der Waals surface area contributed by atoms with Crippen molar-refractivity contribution < 1.29 is 19.5 Å². The molecule has 0 heterocycles. The van der Waals surface area contributed by atoms with Gasteiger partial charge in [-0.05, 0) is 0 Å². The Bertz CT molecular complexity index is 11.6. The zero-order chi connectivity index (χ0) is 0. The van der Waals surface area contributed by atoms with Gasteiger partial charge in [0.2, 0.25) is 0 Å². The maximum atomic E-state index is 0. The van der Waals surface area contributed by atoms with Crippen molar-refractivity contribution >= 4 is 102 Å². The summed E-state index contributed by atoms with van der Waals surface area (Å²) in [6, 6.07) is 0. The van der Waals surface area contributed by atoms with Gasteiger partial charge in [-0.3, -0.25) is 0 Å². The van der Waals surface area contributed by atoms with E-state index >= 15 is 0 Å². The predicted octanol–water partition coefficient (Wildman–Crippen LogP) is -4.20. The van der Waals surface area contributed by atoms with Gasteiger partial charge >= 0.3 is 102 Å². The van der Waals surface area contributed by atoms with Gasteiger partial charge in [-0.2, -0.15) is 0 Å². The summed E-state index contributed by atoms with van der Waals surface area (Å²) in [7, 11) is 0. The second-order valence-electron chi connectivity index (χ2n) is 0. The molecule has 0 bridgehead atoms. The van der Waals surface area contributed by atoms with Gasteiger partial charge in [0.1, 0.15) is 0 Å². The van der Waals surface area contributed by atoms with Crippen LogP contribution in [0.25, 0.3) is 0 Å². The first kappa shape index (κ1) is 35.8. The quantitative estimate of drug-likeness (QED) is 0.222. The fourth-order valence-electron chi connectivity index (χ4n) is 0. The van der Waals surface area contributed by atoms with E-state index in [1.807, 2.05) is 0 Å². The summed E-state index contributed by atoms with van der Waals surface area (Å²) in [5.41, 5.74) is 0. The summed E-state index contributed by atoms with van der Waals surface area (Å²) in [6.07, 6.45) is 0. The molecule has 0 amide bonds. The molecule has 0 spiro atoms. The largest absolute Gasteiger partial charge is 0 e. The third kappa shape index (κ3) is 18.0. The second kappa shape index (κ2) is 24.4. The molecular weight excluding hydrogens is 722 g/mol. The topological polar surface area (TPSA) is 0 Å². The summed E-state index contributed by atoms with van der Waals surface area (Å²) in [5.74, 6) is 0. The van der Waals surface area contributed by atoms with Gasteiger partial charge < -0.3 is 0 Å². The Hall–Kier alpha value is 4.05. The van der Waals surface area contributed by atoms with E-state index in [2.05, 4.69) is 0 Å². The van der Waals surface area contributed by atoms with Crippen molar-refractivity contribution in [1.29, 1.82) is 0 Å². The van der Waals surface area contributed by atoms with E-state index in [0.717, 1.165) is 0 Å². The smallest absolute Gasteiger partial charge is 0 e. The van der Waals surface area contributed by atoms with E-state index in [1.54, 1.807) is 0 Å². The van der Waals surface area contributed by atoms with Crippen molar-refractivity contribution in [3.63, 3.8) is 0 Å². The monoisotopic (exact) mass is 732 g/mol. The average molecular weight is 732 g/mol. The molecule has 5 heteroatoms. The summed E-state index contributed by atoms with van der Waals surface area (Å²) >= 11 is 0. The van der Waals surface area contributed by atoms with Gasteiger partial charge in [0.25, 0.3) is 0 Å². The first-order valence-corrected chi connectivity index (χ1v) is 0. The van der Waals surface area contributed by atoms with Crippen molar-refractivity contribution in [3.8, 4) is 0 Å². The van der Waals surface area contributed by atoms with E-state index in [4.69, 9.17) is 0 Å². The number of hydrogen-bond acceptors (Lipinski definition) is 0. The van der Waals surface area contributed by atoms with Crippen molar-refractivity contribution in [1.82, 2.24) is 0 Å². The Kier molecular flexibility index (Phi) is 175. The Labute approximate surface area is 118 Å². The molecule has 0 aliphatic carbocycles. The molecule has 0 saturated carbocycles. The van der Waals surface area contributed by atoms with Crippen LogP contribution >= 0.6 is 0 Å². The van der Waals surface area contributed by atoms with Crippen LogP contribution in [0.3, 0.4) is 0 Å².